The summed E-state index contributed by atoms with van der Waals surface area (Å²) >= 11 is 1.10. The van der Waals surface area contributed by atoms with E-state index in [0.29, 0.717) is 23.5 Å². The number of benzene rings is 3. The first-order chi connectivity index (χ1) is 21.5. The maximum Gasteiger partial charge on any atom is 0.422 e. The molecular weight excluding hydrogens is 616 g/mol. The van der Waals surface area contributed by atoms with Gasteiger partial charge in [0.1, 0.15) is 17.9 Å². The largest absolute Gasteiger partial charge is 0.484 e. The molecule has 0 saturated carbocycles. The van der Waals surface area contributed by atoms with Crippen LogP contribution in [0.25, 0.3) is 17.1 Å². The van der Waals surface area contributed by atoms with E-state index in [1.54, 1.807) is 0 Å². The minimum atomic E-state index is -4.45. The molecular formula is C30H26F4N6O4S. The van der Waals surface area contributed by atoms with Gasteiger partial charge in [-0.05, 0) is 67.9 Å². The molecule has 10 nitrogen and oxygen atoms in total. The van der Waals surface area contributed by atoms with Crippen molar-refractivity contribution < 1.29 is 36.6 Å². The molecule has 5 rings (SSSR count). The Labute approximate surface area is 259 Å². The third-order valence-electron chi connectivity index (χ3n) is 6.37. The molecule has 45 heavy (non-hydrogen) atoms. The minimum absolute atomic E-state index is 0.0357. The topological polar surface area (TPSA) is 111 Å². The van der Waals surface area contributed by atoms with Crippen LogP contribution in [0.15, 0.2) is 72.0 Å². The molecule has 1 saturated heterocycles. The quantitative estimate of drug-likeness (QED) is 0.207. The summed E-state index contributed by atoms with van der Waals surface area (Å²) in [5, 5.41) is 6.87. The average molecular weight is 643 g/mol. The molecule has 1 aliphatic heterocycles. The second-order valence-corrected chi connectivity index (χ2v) is 10.7. The first-order valence-electron chi connectivity index (χ1n) is 13.5. The standard InChI is InChI=1S/C30H26F4N6O4S/c1-3-43-14-20-5-4-18(2)12-25(20)40-26(41)15-45-29(40)37-28(42)36-24-11-6-19(13-23(24)31)27-35-17-39(38-27)21-7-9-22(10-8-21)44-16-30(32,33)34/h4-13,17H,3,14-16H2,1-2H3,(H,36,42). The van der Waals surface area contributed by atoms with Gasteiger partial charge in [0.05, 0.1) is 29.4 Å². The number of halogens is 4. The Morgan fingerprint density at radius 3 is 2.60 bits per heavy atom. The third kappa shape index (κ3) is 7.85. The predicted molar refractivity (Wildman–Crippen MR) is 161 cm³/mol. The lowest BCUT2D eigenvalue weighted by Gasteiger charge is -2.20. The van der Waals surface area contributed by atoms with Crippen LogP contribution in [0.4, 0.5) is 33.7 Å². The van der Waals surface area contributed by atoms with Crippen LogP contribution in [0.2, 0.25) is 0 Å². The maximum atomic E-state index is 15.1. The smallest absolute Gasteiger partial charge is 0.422 e. The predicted octanol–water partition coefficient (Wildman–Crippen LogP) is 6.53. The van der Waals surface area contributed by atoms with Crippen molar-refractivity contribution >= 4 is 40.2 Å². The number of aromatic nitrogens is 3. The highest BCUT2D eigenvalue weighted by Gasteiger charge is 2.32. The number of rotatable bonds is 9. The molecule has 0 aliphatic carbocycles. The molecule has 0 spiro atoms. The van der Waals surface area contributed by atoms with Gasteiger partial charge in [-0.1, -0.05) is 23.9 Å². The number of carbonyl (C=O) groups is 2. The van der Waals surface area contributed by atoms with Crippen LogP contribution in [0.3, 0.4) is 0 Å². The molecule has 3 amide bonds. The number of aliphatic imine (C=N–C) groups is 1. The molecule has 15 heteroatoms. The summed E-state index contributed by atoms with van der Waals surface area (Å²) in [5.74, 6) is -0.723. The van der Waals surface area contributed by atoms with Crippen LogP contribution in [-0.2, 0) is 16.1 Å². The number of ether oxygens (including phenoxy) is 2. The van der Waals surface area contributed by atoms with Gasteiger partial charge >= 0.3 is 12.2 Å². The van der Waals surface area contributed by atoms with Gasteiger partial charge < -0.3 is 14.8 Å². The van der Waals surface area contributed by atoms with Crippen LogP contribution in [0.1, 0.15) is 18.1 Å². The second-order valence-electron chi connectivity index (χ2n) is 9.72. The zero-order valence-corrected chi connectivity index (χ0v) is 24.8. The summed E-state index contributed by atoms with van der Waals surface area (Å²) in [5.41, 5.74) is 2.90. The van der Waals surface area contributed by atoms with E-state index >= 15 is 4.39 Å². The number of nitrogens with zero attached hydrogens (tertiary/aromatic N) is 5. The summed E-state index contributed by atoms with van der Waals surface area (Å²) < 4.78 is 63.8. The van der Waals surface area contributed by atoms with Gasteiger partial charge in [-0.2, -0.15) is 18.2 Å². The molecule has 4 aromatic rings. The Bertz CT molecular complexity index is 1740. The Balaban J connectivity index is 1.28. The highest BCUT2D eigenvalue weighted by atomic mass is 32.2. The summed E-state index contributed by atoms with van der Waals surface area (Å²) in [6.45, 7) is 3.10. The van der Waals surface area contributed by atoms with Crippen molar-refractivity contribution in [1.82, 2.24) is 14.8 Å². The monoisotopic (exact) mass is 642 g/mol. The number of hydrogen-bond acceptors (Lipinski definition) is 7. The van der Waals surface area contributed by atoms with E-state index < -0.39 is 24.6 Å². The molecule has 0 atom stereocenters. The molecule has 0 unspecified atom stereocenters. The number of aryl methyl sites for hydroxylation is 1. The molecule has 2 heterocycles. The zero-order chi connectivity index (χ0) is 32.1. The molecule has 0 bridgehead atoms. The van der Waals surface area contributed by atoms with Crippen molar-refractivity contribution in [2.75, 3.05) is 29.2 Å². The van der Waals surface area contributed by atoms with Crippen LogP contribution in [-0.4, -0.2) is 57.0 Å². The number of nitrogens with one attached hydrogen (secondary N) is 1. The fraction of sp³-hybridized carbons (Fsp3) is 0.233. The number of anilines is 2. The van der Waals surface area contributed by atoms with Gasteiger partial charge in [0, 0.05) is 17.7 Å². The highest BCUT2D eigenvalue weighted by molar-refractivity contribution is 8.15. The molecule has 1 aliphatic rings. The van der Waals surface area contributed by atoms with Crippen LogP contribution >= 0.6 is 11.8 Å². The second kappa shape index (κ2) is 13.5. The third-order valence-corrected chi connectivity index (χ3v) is 7.29. The van der Waals surface area contributed by atoms with E-state index in [4.69, 9.17) is 9.47 Å². The summed E-state index contributed by atoms with van der Waals surface area (Å²) in [6, 6.07) is 14.4. The molecule has 0 radical (unpaired) electrons. The highest BCUT2D eigenvalue weighted by Crippen LogP contribution is 2.31. The first-order valence-corrected chi connectivity index (χ1v) is 14.5. The molecule has 3 aromatic carbocycles. The van der Waals surface area contributed by atoms with Crippen LogP contribution < -0.4 is 15.0 Å². The van der Waals surface area contributed by atoms with Gasteiger partial charge in [0.15, 0.2) is 17.6 Å². The number of amides is 3. The van der Waals surface area contributed by atoms with Gasteiger partial charge in [-0.3, -0.25) is 9.69 Å². The SMILES string of the molecule is CCOCc1ccc(C)cc1N1C(=O)CSC1=NC(=O)Nc1ccc(-c2ncn(-c3ccc(OCC(F)(F)F)cc3)n2)cc1F. The van der Waals surface area contributed by atoms with Crippen molar-refractivity contribution in [2.45, 2.75) is 26.6 Å². The lowest BCUT2D eigenvalue weighted by Crippen LogP contribution is -2.31. The molecule has 234 valence electrons. The van der Waals surface area contributed by atoms with Crippen molar-refractivity contribution in [3.05, 3.63) is 83.9 Å². The number of amidine groups is 1. The summed E-state index contributed by atoms with van der Waals surface area (Å²) in [4.78, 5) is 35.2. The van der Waals surface area contributed by atoms with Gasteiger partial charge in [0.25, 0.3) is 0 Å². The lowest BCUT2D eigenvalue weighted by atomic mass is 10.1. The Hall–Kier alpha value is -4.76. The van der Waals surface area contributed by atoms with E-state index in [9.17, 15) is 22.8 Å². The number of thioether (sulfide) groups is 1. The number of hydrogen-bond donors (Lipinski definition) is 1. The zero-order valence-electron chi connectivity index (χ0n) is 24.0. The molecule has 1 N–H and O–H groups in total. The van der Waals surface area contributed by atoms with Crippen LogP contribution in [0, 0.1) is 12.7 Å². The first kappa shape index (κ1) is 31.7. The fourth-order valence-corrected chi connectivity index (χ4v) is 5.12. The Morgan fingerprint density at radius 1 is 1.11 bits per heavy atom. The fourth-order valence-electron chi connectivity index (χ4n) is 4.26. The Kier molecular flexibility index (Phi) is 9.48. The summed E-state index contributed by atoms with van der Waals surface area (Å²) in [6.07, 6.45) is -3.08. The minimum Gasteiger partial charge on any atom is -0.484 e. The Morgan fingerprint density at radius 2 is 1.89 bits per heavy atom. The summed E-state index contributed by atoms with van der Waals surface area (Å²) in [7, 11) is 0. The van der Waals surface area contributed by atoms with E-state index in [1.165, 1.54) is 52.3 Å². The van der Waals surface area contributed by atoms with E-state index in [1.807, 2.05) is 32.0 Å². The van der Waals surface area contributed by atoms with Crippen LogP contribution in [0.5, 0.6) is 5.75 Å². The molecule has 1 fully saturated rings. The van der Waals surface area contributed by atoms with Crippen molar-refractivity contribution in [3.8, 4) is 22.8 Å². The number of alkyl halides is 3. The van der Waals surface area contributed by atoms with Gasteiger partial charge in [-0.15, -0.1) is 5.10 Å². The van der Waals surface area contributed by atoms with E-state index in [2.05, 4.69) is 20.4 Å². The van der Waals surface area contributed by atoms with Gasteiger partial charge in [-0.25, -0.2) is 18.9 Å². The normalized spacial score (nSPS) is 14.3. The van der Waals surface area contributed by atoms with E-state index in [0.717, 1.165) is 29.0 Å². The number of carbonyl (C=O) groups excluding carboxylic acids is 2. The van der Waals surface area contributed by atoms with Gasteiger partial charge in [0.2, 0.25) is 5.91 Å². The number of urea groups is 1. The van der Waals surface area contributed by atoms with E-state index in [-0.39, 0.29) is 40.7 Å². The lowest BCUT2D eigenvalue weighted by molar-refractivity contribution is -0.153. The maximum absolute atomic E-state index is 15.1. The van der Waals surface area contributed by atoms with Crippen molar-refractivity contribution in [2.24, 2.45) is 4.99 Å². The van der Waals surface area contributed by atoms with Crippen molar-refractivity contribution in [1.29, 1.82) is 0 Å². The molecule has 1 aromatic heterocycles. The average Bonchev–Trinajstić information content (AvgIpc) is 3.63. The van der Waals surface area contributed by atoms with Crippen molar-refractivity contribution in [3.63, 3.8) is 0 Å².